The molecule has 0 bridgehead atoms. The van der Waals surface area contributed by atoms with Gasteiger partial charge in [0.1, 0.15) is 17.2 Å². The van der Waals surface area contributed by atoms with Gasteiger partial charge in [0.05, 0.1) is 18.3 Å². The van der Waals surface area contributed by atoms with Crippen LogP contribution in [0.3, 0.4) is 0 Å². The molecule has 0 amide bonds. The zero-order chi connectivity index (χ0) is 27.7. The highest BCUT2D eigenvalue weighted by Gasteiger charge is 2.24. The summed E-state index contributed by atoms with van der Waals surface area (Å²) in [6.07, 6.45) is 19.7. The molecule has 0 aromatic heterocycles. The van der Waals surface area contributed by atoms with Crippen LogP contribution in [-0.2, 0) is 0 Å². The van der Waals surface area contributed by atoms with Crippen LogP contribution in [0.5, 0.6) is 17.2 Å². The van der Waals surface area contributed by atoms with Crippen LogP contribution in [0.4, 0.5) is 0 Å². The van der Waals surface area contributed by atoms with Crippen LogP contribution in [-0.4, -0.2) is 18.7 Å². The van der Waals surface area contributed by atoms with E-state index in [0.29, 0.717) is 11.3 Å². The molecular formula is C35H52O4. The average molecular weight is 537 g/mol. The SMILES string of the molecule is CCCCCCC(C)Oc1ccc(C(=O)Oc2ccc(OCCCC3CCCCC3CCCCC)cc2)cc1. The Hall–Kier alpha value is -2.49. The Balaban J connectivity index is 1.36. The van der Waals surface area contributed by atoms with Crippen molar-refractivity contribution in [2.24, 2.45) is 11.8 Å². The molecule has 4 heteroatoms. The Kier molecular flexibility index (Phi) is 14.3. The monoisotopic (exact) mass is 536 g/mol. The second kappa shape index (κ2) is 18.0. The van der Waals surface area contributed by atoms with Crippen molar-refractivity contribution in [1.82, 2.24) is 0 Å². The summed E-state index contributed by atoms with van der Waals surface area (Å²) in [4.78, 5) is 12.6. The van der Waals surface area contributed by atoms with Gasteiger partial charge in [-0.15, -0.1) is 0 Å². The van der Waals surface area contributed by atoms with Gasteiger partial charge >= 0.3 is 5.97 Å². The van der Waals surface area contributed by atoms with Crippen molar-refractivity contribution in [2.45, 2.75) is 123 Å². The number of rotatable bonds is 18. The van der Waals surface area contributed by atoms with Crippen LogP contribution in [0.1, 0.15) is 127 Å². The minimum Gasteiger partial charge on any atom is -0.494 e. The molecule has 3 atom stereocenters. The fourth-order valence-corrected chi connectivity index (χ4v) is 5.83. The van der Waals surface area contributed by atoms with Crippen LogP contribution in [0.25, 0.3) is 0 Å². The van der Waals surface area contributed by atoms with Gasteiger partial charge < -0.3 is 14.2 Å². The van der Waals surface area contributed by atoms with Crippen molar-refractivity contribution in [1.29, 1.82) is 0 Å². The van der Waals surface area contributed by atoms with Crippen LogP contribution in [0.2, 0.25) is 0 Å². The summed E-state index contributed by atoms with van der Waals surface area (Å²) in [5.41, 5.74) is 0.508. The molecule has 0 heterocycles. The zero-order valence-electron chi connectivity index (χ0n) is 24.8. The summed E-state index contributed by atoms with van der Waals surface area (Å²) in [6, 6.07) is 14.6. The van der Waals surface area contributed by atoms with Crippen LogP contribution < -0.4 is 14.2 Å². The molecule has 3 unspecified atom stereocenters. The highest BCUT2D eigenvalue weighted by Crippen LogP contribution is 2.36. The number of esters is 1. The number of carbonyl (C=O) groups is 1. The Bertz CT molecular complexity index is 921. The van der Waals surface area contributed by atoms with Gasteiger partial charge in [-0.1, -0.05) is 84.5 Å². The predicted molar refractivity (Wildman–Crippen MR) is 161 cm³/mol. The first-order chi connectivity index (χ1) is 19.1. The van der Waals surface area contributed by atoms with Crippen molar-refractivity contribution < 1.29 is 19.0 Å². The van der Waals surface area contributed by atoms with E-state index in [4.69, 9.17) is 14.2 Å². The molecular weight excluding hydrogens is 484 g/mol. The van der Waals surface area contributed by atoms with Gasteiger partial charge in [0.15, 0.2) is 0 Å². The number of benzene rings is 2. The third kappa shape index (κ3) is 11.6. The minimum atomic E-state index is -0.371. The maximum atomic E-state index is 12.6. The molecule has 0 spiro atoms. The topological polar surface area (TPSA) is 44.8 Å². The van der Waals surface area contributed by atoms with E-state index in [1.54, 1.807) is 24.3 Å². The van der Waals surface area contributed by atoms with E-state index >= 15 is 0 Å². The molecule has 0 radical (unpaired) electrons. The first kappa shape index (κ1) is 31.0. The van der Waals surface area contributed by atoms with Gasteiger partial charge in [0, 0.05) is 0 Å². The quantitative estimate of drug-likeness (QED) is 0.108. The van der Waals surface area contributed by atoms with E-state index in [0.717, 1.165) is 42.8 Å². The predicted octanol–water partition coefficient (Wildman–Crippen LogP) is 10.2. The summed E-state index contributed by atoms with van der Waals surface area (Å²) in [7, 11) is 0. The highest BCUT2D eigenvalue weighted by atomic mass is 16.5. The highest BCUT2D eigenvalue weighted by molar-refractivity contribution is 5.91. The minimum absolute atomic E-state index is 0.167. The number of carbonyl (C=O) groups excluding carboxylic acids is 1. The van der Waals surface area contributed by atoms with Crippen molar-refractivity contribution >= 4 is 5.97 Å². The number of hydrogen-bond donors (Lipinski definition) is 0. The van der Waals surface area contributed by atoms with Gasteiger partial charge in [-0.2, -0.15) is 0 Å². The van der Waals surface area contributed by atoms with Crippen molar-refractivity contribution in [3.63, 3.8) is 0 Å². The lowest BCUT2D eigenvalue weighted by molar-refractivity contribution is 0.0734. The smallest absolute Gasteiger partial charge is 0.343 e. The van der Waals surface area contributed by atoms with Crippen molar-refractivity contribution in [3.05, 3.63) is 54.1 Å². The summed E-state index contributed by atoms with van der Waals surface area (Å²) in [5.74, 6) is 3.55. The fraction of sp³-hybridized carbons (Fsp3) is 0.629. The average Bonchev–Trinajstić information content (AvgIpc) is 2.95. The molecule has 2 aromatic carbocycles. The molecule has 1 saturated carbocycles. The number of ether oxygens (including phenoxy) is 3. The fourth-order valence-electron chi connectivity index (χ4n) is 5.83. The first-order valence-electron chi connectivity index (χ1n) is 15.8. The first-order valence-corrected chi connectivity index (χ1v) is 15.8. The molecule has 1 aliphatic rings. The summed E-state index contributed by atoms with van der Waals surface area (Å²) < 4.78 is 17.6. The molecule has 216 valence electrons. The Morgan fingerprint density at radius 3 is 2.00 bits per heavy atom. The Labute approximate surface area is 237 Å². The lowest BCUT2D eigenvalue weighted by Gasteiger charge is -2.31. The Morgan fingerprint density at radius 1 is 0.744 bits per heavy atom. The van der Waals surface area contributed by atoms with Gasteiger partial charge in [0.2, 0.25) is 0 Å². The molecule has 3 rings (SSSR count). The van der Waals surface area contributed by atoms with Gasteiger partial charge in [0.25, 0.3) is 0 Å². The third-order valence-electron chi connectivity index (χ3n) is 8.16. The number of hydrogen-bond acceptors (Lipinski definition) is 4. The van der Waals surface area contributed by atoms with Crippen molar-refractivity contribution in [2.75, 3.05) is 6.61 Å². The second-order valence-corrected chi connectivity index (χ2v) is 11.5. The summed E-state index contributed by atoms with van der Waals surface area (Å²) in [5, 5.41) is 0. The number of unbranched alkanes of at least 4 members (excludes halogenated alkanes) is 5. The second-order valence-electron chi connectivity index (χ2n) is 11.5. The Morgan fingerprint density at radius 2 is 1.33 bits per heavy atom. The van der Waals surface area contributed by atoms with Gasteiger partial charge in [-0.3, -0.25) is 0 Å². The summed E-state index contributed by atoms with van der Waals surface area (Å²) in [6.45, 7) is 7.35. The molecule has 1 fully saturated rings. The van der Waals surface area contributed by atoms with E-state index in [1.807, 2.05) is 24.3 Å². The molecule has 0 N–H and O–H groups in total. The van der Waals surface area contributed by atoms with Gasteiger partial charge in [-0.05, 0) is 93.0 Å². The maximum Gasteiger partial charge on any atom is 0.343 e. The van der Waals surface area contributed by atoms with Gasteiger partial charge in [-0.25, -0.2) is 4.79 Å². The molecule has 0 aliphatic heterocycles. The van der Waals surface area contributed by atoms with E-state index in [-0.39, 0.29) is 12.1 Å². The molecule has 4 nitrogen and oxygen atoms in total. The van der Waals surface area contributed by atoms with Crippen molar-refractivity contribution in [3.8, 4) is 17.2 Å². The third-order valence-corrected chi connectivity index (χ3v) is 8.16. The van der Waals surface area contributed by atoms with Crippen LogP contribution in [0.15, 0.2) is 48.5 Å². The lowest BCUT2D eigenvalue weighted by atomic mass is 9.74. The summed E-state index contributed by atoms with van der Waals surface area (Å²) >= 11 is 0. The largest absolute Gasteiger partial charge is 0.494 e. The maximum absolute atomic E-state index is 12.6. The van der Waals surface area contributed by atoms with Crippen LogP contribution >= 0.6 is 0 Å². The van der Waals surface area contributed by atoms with E-state index in [2.05, 4.69) is 20.8 Å². The molecule has 39 heavy (non-hydrogen) atoms. The van der Waals surface area contributed by atoms with E-state index in [9.17, 15) is 4.79 Å². The lowest BCUT2D eigenvalue weighted by Crippen LogP contribution is -2.20. The zero-order valence-corrected chi connectivity index (χ0v) is 24.8. The van der Waals surface area contributed by atoms with E-state index < -0.39 is 0 Å². The molecule has 0 saturated heterocycles. The molecule has 2 aromatic rings. The normalized spacial score (nSPS) is 17.9. The standard InChI is InChI=1S/C35H52O4/c1-4-6-8-10-14-28(3)38-33-21-19-31(20-22-33)35(36)39-34-25-23-32(24-26-34)37-27-13-18-30-17-12-11-16-29(30)15-9-7-5-2/h19-26,28-30H,4-18,27H2,1-3H3. The van der Waals surface area contributed by atoms with Crippen LogP contribution in [0, 0.1) is 11.8 Å². The molecule has 1 aliphatic carbocycles. The van der Waals surface area contributed by atoms with E-state index in [1.165, 1.54) is 83.5 Å².